The molecule has 2 aromatic rings. The van der Waals surface area contributed by atoms with Gasteiger partial charge in [0.15, 0.2) is 0 Å². The number of benzene rings is 1. The number of aliphatic hydroxyl groups excluding tert-OH is 1. The summed E-state index contributed by atoms with van der Waals surface area (Å²) in [5.41, 5.74) is -0.115. The van der Waals surface area contributed by atoms with E-state index in [1.807, 2.05) is 18.2 Å². The van der Waals surface area contributed by atoms with Crippen molar-refractivity contribution in [3.05, 3.63) is 59.7 Å². The van der Waals surface area contributed by atoms with E-state index in [-0.39, 0.29) is 13.2 Å². The lowest BCUT2D eigenvalue weighted by Gasteiger charge is -2.15. The first kappa shape index (κ1) is 18.2. The van der Waals surface area contributed by atoms with Gasteiger partial charge in [-0.3, -0.25) is 4.57 Å². The molecule has 0 aliphatic heterocycles. The smallest absolute Gasteiger partial charge is 0.395 e. The van der Waals surface area contributed by atoms with Gasteiger partial charge >= 0.3 is 7.60 Å². The Morgan fingerprint density at radius 1 is 1.08 bits per heavy atom. The molecule has 0 saturated carbocycles. The molecule has 0 radical (unpaired) electrons. The van der Waals surface area contributed by atoms with Gasteiger partial charge in [-0.15, -0.1) is 0 Å². The highest BCUT2D eigenvalue weighted by Crippen LogP contribution is 2.55. The van der Waals surface area contributed by atoms with Crippen molar-refractivity contribution < 1.29 is 23.5 Å². The maximum absolute atomic E-state index is 12.5. The second kappa shape index (κ2) is 8.64. The van der Waals surface area contributed by atoms with Crippen LogP contribution in [-0.2, 0) is 13.6 Å². The fourth-order valence-corrected chi connectivity index (χ4v) is 3.21. The molecule has 2 rings (SSSR count). The molecule has 0 spiro atoms. The molecule has 1 aromatic heterocycles. The van der Waals surface area contributed by atoms with Gasteiger partial charge in [-0.1, -0.05) is 24.3 Å². The maximum Gasteiger partial charge on any atom is 0.395 e. The van der Waals surface area contributed by atoms with Gasteiger partial charge in [0.1, 0.15) is 5.75 Å². The summed E-state index contributed by atoms with van der Waals surface area (Å²) in [4.78, 5) is 4.25. The van der Waals surface area contributed by atoms with E-state index in [2.05, 4.69) is 4.98 Å². The molecule has 7 heteroatoms. The van der Waals surface area contributed by atoms with Crippen LogP contribution in [0, 0.1) is 0 Å². The second-order valence-corrected chi connectivity index (χ2v) is 6.62. The minimum atomic E-state index is -3.72. The van der Waals surface area contributed by atoms with Crippen molar-refractivity contribution in [2.24, 2.45) is 0 Å². The maximum atomic E-state index is 12.5. The van der Waals surface area contributed by atoms with E-state index in [9.17, 15) is 9.67 Å². The molecule has 128 valence electrons. The van der Waals surface area contributed by atoms with Crippen LogP contribution in [0.4, 0.5) is 0 Å². The van der Waals surface area contributed by atoms with Crippen LogP contribution in [0.5, 0.6) is 11.6 Å². The van der Waals surface area contributed by atoms with E-state index in [1.165, 1.54) is 6.08 Å². The van der Waals surface area contributed by atoms with Crippen LogP contribution in [-0.4, -0.2) is 23.3 Å². The molecule has 6 nitrogen and oxygen atoms in total. The van der Waals surface area contributed by atoms with E-state index in [1.54, 1.807) is 44.2 Å². The number of pyridine rings is 1. The molecule has 0 unspecified atom stereocenters. The summed E-state index contributed by atoms with van der Waals surface area (Å²) in [5, 5.41) is 10.1. The standard InChI is InChI=1S/C17H20NO5P/c1-3-21-24(20,22-4-2)17(19)13-14-9-8-12-16(18-14)23-15-10-6-5-7-11-15/h5-13,19H,3-4H2,1-2H3. The van der Waals surface area contributed by atoms with Crippen molar-refractivity contribution in [1.29, 1.82) is 0 Å². The average Bonchev–Trinajstić information content (AvgIpc) is 2.56. The van der Waals surface area contributed by atoms with Crippen molar-refractivity contribution >= 4 is 13.7 Å². The van der Waals surface area contributed by atoms with Crippen LogP contribution in [0.2, 0.25) is 0 Å². The first-order valence-corrected chi connectivity index (χ1v) is 9.12. The summed E-state index contributed by atoms with van der Waals surface area (Å²) < 4.78 is 28.3. The van der Waals surface area contributed by atoms with Crippen LogP contribution in [0.15, 0.2) is 54.0 Å². The molecule has 0 saturated heterocycles. The molecule has 1 aromatic carbocycles. The summed E-state index contributed by atoms with van der Waals surface area (Å²) in [7, 11) is -3.72. The number of hydrogen-bond donors (Lipinski definition) is 1. The summed E-state index contributed by atoms with van der Waals surface area (Å²) in [6.07, 6.45) is 1.25. The predicted molar refractivity (Wildman–Crippen MR) is 92.2 cm³/mol. The molecular formula is C17H20NO5P. The molecule has 1 heterocycles. The molecular weight excluding hydrogens is 329 g/mol. The number of ether oxygens (including phenoxy) is 1. The van der Waals surface area contributed by atoms with Crippen molar-refractivity contribution in [2.75, 3.05) is 13.2 Å². The van der Waals surface area contributed by atoms with Gasteiger partial charge in [0.05, 0.1) is 18.9 Å². The minimum absolute atomic E-state index is 0.153. The Hall–Kier alpha value is -2.14. The monoisotopic (exact) mass is 349 g/mol. The van der Waals surface area contributed by atoms with Gasteiger partial charge in [-0.05, 0) is 32.0 Å². The van der Waals surface area contributed by atoms with E-state index in [0.29, 0.717) is 17.3 Å². The SMILES string of the molecule is CCOP(=O)(OCC)C(O)=Cc1cccc(Oc2ccccc2)n1. The van der Waals surface area contributed by atoms with Crippen LogP contribution in [0.25, 0.3) is 6.08 Å². The molecule has 0 fully saturated rings. The lowest BCUT2D eigenvalue weighted by atomic mass is 10.3. The third kappa shape index (κ3) is 4.93. The Balaban J connectivity index is 2.22. The molecule has 24 heavy (non-hydrogen) atoms. The fourth-order valence-electron chi connectivity index (χ4n) is 1.90. The largest absolute Gasteiger partial charge is 0.501 e. The third-order valence-electron chi connectivity index (χ3n) is 2.87. The van der Waals surface area contributed by atoms with Gasteiger partial charge in [-0.25, -0.2) is 4.98 Å². The number of rotatable bonds is 8. The molecule has 0 amide bonds. The minimum Gasteiger partial charge on any atom is -0.501 e. The van der Waals surface area contributed by atoms with Crippen LogP contribution >= 0.6 is 7.60 Å². The quantitative estimate of drug-likeness (QED) is 0.534. The molecule has 0 aliphatic rings. The third-order valence-corrected chi connectivity index (χ3v) is 4.75. The topological polar surface area (TPSA) is 77.9 Å². The Kier molecular flexibility index (Phi) is 6.55. The molecule has 0 aliphatic carbocycles. The van der Waals surface area contributed by atoms with Gasteiger partial charge in [0.2, 0.25) is 11.4 Å². The van der Waals surface area contributed by atoms with Crippen LogP contribution < -0.4 is 4.74 Å². The van der Waals surface area contributed by atoms with Crippen molar-refractivity contribution in [3.8, 4) is 11.6 Å². The van der Waals surface area contributed by atoms with Crippen molar-refractivity contribution in [2.45, 2.75) is 13.8 Å². The summed E-state index contributed by atoms with van der Waals surface area (Å²) in [5.74, 6) is 0.995. The summed E-state index contributed by atoms with van der Waals surface area (Å²) >= 11 is 0. The van der Waals surface area contributed by atoms with Crippen LogP contribution in [0.3, 0.4) is 0 Å². The normalized spacial score (nSPS) is 12.2. The number of aliphatic hydroxyl groups is 1. The van der Waals surface area contributed by atoms with E-state index >= 15 is 0 Å². The second-order valence-electron chi connectivity index (χ2n) is 4.65. The average molecular weight is 349 g/mol. The lowest BCUT2D eigenvalue weighted by molar-refractivity contribution is 0.212. The number of aromatic nitrogens is 1. The number of hydrogen-bond acceptors (Lipinski definition) is 6. The van der Waals surface area contributed by atoms with Gasteiger partial charge in [0.25, 0.3) is 0 Å². The number of nitrogens with zero attached hydrogens (tertiary/aromatic N) is 1. The lowest BCUT2D eigenvalue weighted by Crippen LogP contribution is -1.99. The van der Waals surface area contributed by atoms with E-state index in [4.69, 9.17) is 13.8 Å². The van der Waals surface area contributed by atoms with E-state index in [0.717, 1.165) is 0 Å². The Labute approximate surface area is 141 Å². The summed E-state index contributed by atoms with van der Waals surface area (Å²) in [6, 6.07) is 14.3. The predicted octanol–water partition coefficient (Wildman–Crippen LogP) is 5.00. The van der Waals surface area contributed by atoms with Gasteiger partial charge in [0, 0.05) is 12.1 Å². The highest BCUT2D eigenvalue weighted by Gasteiger charge is 2.29. The molecule has 1 N–H and O–H groups in total. The first-order valence-electron chi connectivity index (χ1n) is 7.57. The molecule has 0 atom stereocenters. The zero-order chi connectivity index (χ0) is 17.4. The number of para-hydroxylation sites is 1. The zero-order valence-electron chi connectivity index (χ0n) is 13.6. The first-order chi connectivity index (χ1) is 11.6. The van der Waals surface area contributed by atoms with Gasteiger partial charge < -0.3 is 18.9 Å². The molecule has 0 bridgehead atoms. The highest BCUT2D eigenvalue weighted by atomic mass is 31.2. The van der Waals surface area contributed by atoms with Crippen LogP contribution in [0.1, 0.15) is 19.5 Å². The van der Waals surface area contributed by atoms with Gasteiger partial charge in [-0.2, -0.15) is 0 Å². The Morgan fingerprint density at radius 2 is 1.75 bits per heavy atom. The summed E-state index contributed by atoms with van der Waals surface area (Å²) in [6.45, 7) is 3.65. The van der Waals surface area contributed by atoms with E-state index < -0.39 is 13.1 Å². The fraction of sp³-hybridized carbons (Fsp3) is 0.235. The Bertz CT molecular complexity index is 723. The highest BCUT2D eigenvalue weighted by molar-refractivity contribution is 7.58. The Morgan fingerprint density at radius 3 is 2.38 bits per heavy atom. The van der Waals surface area contributed by atoms with Crippen molar-refractivity contribution in [1.82, 2.24) is 4.98 Å². The van der Waals surface area contributed by atoms with Crippen molar-refractivity contribution in [3.63, 3.8) is 0 Å². The zero-order valence-corrected chi connectivity index (χ0v) is 14.5.